The van der Waals surface area contributed by atoms with E-state index in [2.05, 4.69) is 73.8 Å². The van der Waals surface area contributed by atoms with Crippen molar-refractivity contribution in [2.24, 2.45) is 5.84 Å². The number of nitrogens with two attached hydrogens (primary N) is 1. The molecule has 26 heavy (non-hydrogen) atoms. The van der Waals surface area contributed by atoms with Gasteiger partial charge in [-0.15, -0.1) is 10.2 Å². The third-order valence-corrected chi connectivity index (χ3v) is 5.83. The molecule has 2 aromatic carbocycles. The zero-order valence-corrected chi connectivity index (χ0v) is 18.8. The smallest absolute Gasteiger partial charge is 0.265 e. The number of carbonyl (C=O) groups is 1. The van der Waals surface area contributed by atoms with Gasteiger partial charge < -0.3 is 4.42 Å². The lowest BCUT2D eigenvalue weighted by molar-refractivity contribution is 0.0953. The van der Waals surface area contributed by atoms with E-state index in [1.807, 2.05) is 25.1 Å². The number of nitrogens with zero attached hydrogens (tertiary/aromatic N) is 2. The number of rotatable bonds is 2. The molecule has 6 nitrogen and oxygen atoms in total. The standard InChI is InChI=1S/C10H9IN2O.C8H9IN2O/c1-6-3-4-8(5-9(6)11)10-13-12-7(2)14-10;1-5-2-3-6(4-7(5)9)8(12)11-10/h3-5H,1-2H3;2-4H,10H2,1H3,(H,11,12). The summed E-state index contributed by atoms with van der Waals surface area (Å²) >= 11 is 4.47. The summed E-state index contributed by atoms with van der Waals surface area (Å²) in [6.07, 6.45) is 0. The number of halogens is 2. The number of amides is 1. The Labute approximate surface area is 179 Å². The van der Waals surface area contributed by atoms with Crippen LogP contribution in [0, 0.1) is 27.9 Å². The van der Waals surface area contributed by atoms with E-state index in [0.29, 0.717) is 17.3 Å². The highest BCUT2D eigenvalue weighted by Crippen LogP contribution is 2.22. The van der Waals surface area contributed by atoms with E-state index in [0.717, 1.165) is 14.7 Å². The molecule has 0 radical (unpaired) electrons. The quantitative estimate of drug-likeness (QED) is 0.207. The summed E-state index contributed by atoms with van der Waals surface area (Å²) in [5.74, 6) is 5.91. The molecule has 0 unspecified atom stereocenters. The molecule has 0 spiro atoms. The third-order valence-electron chi connectivity index (χ3n) is 3.51. The first kappa shape index (κ1) is 20.8. The van der Waals surface area contributed by atoms with E-state index in [-0.39, 0.29) is 5.91 Å². The number of aryl methyl sites for hydroxylation is 3. The van der Waals surface area contributed by atoms with Crippen molar-refractivity contribution in [3.8, 4) is 11.5 Å². The fraction of sp³-hybridized carbons (Fsp3) is 0.167. The van der Waals surface area contributed by atoms with Gasteiger partial charge in [0.2, 0.25) is 11.8 Å². The van der Waals surface area contributed by atoms with E-state index in [4.69, 9.17) is 10.3 Å². The van der Waals surface area contributed by atoms with Crippen molar-refractivity contribution >= 4 is 51.1 Å². The Balaban J connectivity index is 0.000000190. The zero-order chi connectivity index (χ0) is 19.3. The first-order chi connectivity index (χ1) is 12.3. The van der Waals surface area contributed by atoms with Crippen molar-refractivity contribution in [3.63, 3.8) is 0 Å². The van der Waals surface area contributed by atoms with Gasteiger partial charge in [-0.3, -0.25) is 10.2 Å². The van der Waals surface area contributed by atoms with Gasteiger partial charge in [-0.1, -0.05) is 12.1 Å². The van der Waals surface area contributed by atoms with Crippen LogP contribution in [-0.4, -0.2) is 16.1 Å². The molecule has 3 rings (SSSR count). The van der Waals surface area contributed by atoms with Crippen molar-refractivity contribution in [1.82, 2.24) is 15.6 Å². The molecule has 3 aromatic rings. The Morgan fingerprint density at radius 1 is 1.00 bits per heavy atom. The first-order valence-corrected chi connectivity index (χ1v) is 9.81. The second kappa shape index (κ2) is 9.42. The van der Waals surface area contributed by atoms with Crippen molar-refractivity contribution in [1.29, 1.82) is 0 Å². The Kier molecular flexibility index (Phi) is 7.53. The molecule has 8 heteroatoms. The second-order valence-corrected chi connectivity index (χ2v) is 7.85. The maximum absolute atomic E-state index is 11.0. The summed E-state index contributed by atoms with van der Waals surface area (Å²) in [4.78, 5) is 11.0. The summed E-state index contributed by atoms with van der Waals surface area (Å²) in [6, 6.07) is 11.5. The minimum atomic E-state index is -0.257. The predicted octanol–water partition coefficient (Wildman–Crippen LogP) is 4.16. The number of hydrogen-bond acceptors (Lipinski definition) is 5. The Hall–Kier alpha value is -1.53. The number of carbonyl (C=O) groups excluding carboxylic acids is 1. The third kappa shape index (κ3) is 5.48. The SMILES string of the molecule is Cc1ccc(C(=O)NN)cc1I.Cc1nnc(-c2ccc(C)c(I)c2)o1. The average Bonchev–Trinajstić information content (AvgIpc) is 3.06. The van der Waals surface area contributed by atoms with Crippen LogP contribution < -0.4 is 11.3 Å². The molecule has 0 saturated heterocycles. The molecule has 0 bridgehead atoms. The fourth-order valence-corrected chi connectivity index (χ4v) is 2.99. The van der Waals surface area contributed by atoms with E-state index < -0.39 is 0 Å². The van der Waals surface area contributed by atoms with Crippen LogP contribution in [-0.2, 0) is 0 Å². The molecule has 0 aliphatic carbocycles. The van der Waals surface area contributed by atoms with Crippen molar-refractivity contribution < 1.29 is 9.21 Å². The maximum atomic E-state index is 11.0. The lowest BCUT2D eigenvalue weighted by atomic mass is 10.1. The van der Waals surface area contributed by atoms with Crippen LogP contribution in [0.3, 0.4) is 0 Å². The molecule has 0 atom stereocenters. The van der Waals surface area contributed by atoms with Crippen LogP contribution >= 0.6 is 45.2 Å². The van der Waals surface area contributed by atoms with Gasteiger partial charge in [-0.2, -0.15) is 0 Å². The zero-order valence-electron chi connectivity index (χ0n) is 14.5. The van der Waals surface area contributed by atoms with E-state index in [9.17, 15) is 4.79 Å². The Morgan fingerprint density at radius 3 is 2.12 bits per heavy atom. The molecule has 1 aromatic heterocycles. The number of benzene rings is 2. The number of hydrazine groups is 1. The van der Waals surface area contributed by atoms with E-state index in [1.54, 1.807) is 19.1 Å². The number of nitrogens with one attached hydrogen (secondary N) is 1. The molecule has 1 heterocycles. The highest BCUT2D eigenvalue weighted by atomic mass is 127. The fourth-order valence-electron chi connectivity index (χ4n) is 1.96. The highest BCUT2D eigenvalue weighted by Gasteiger charge is 2.06. The van der Waals surface area contributed by atoms with Gasteiger partial charge in [0.05, 0.1) is 0 Å². The van der Waals surface area contributed by atoms with Crippen LogP contribution in [0.25, 0.3) is 11.5 Å². The molecule has 0 aliphatic heterocycles. The molecule has 136 valence electrons. The first-order valence-electron chi connectivity index (χ1n) is 7.65. The van der Waals surface area contributed by atoms with Crippen molar-refractivity contribution in [3.05, 3.63) is 66.1 Å². The van der Waals surface area contributed by atoms with E-state index in [1.165, 1.54) is 9.13 Å². The molecular formula is C18H18I2N4O2. The normalized spacial score (nSPS) is 10.1. The van der Waals surface area contributed by atoms with Gasteiger partial charge in [-0.05, 0) is 94.4 Å². The van der Waals surface area contributed by atoms with Gasteiger partial charge in [0.25, 0.3) is 5.91 Å². The number of hydrogen-bond donors (Lipinski definition) is 2. The summed E-state index contributed by atoms with van der Waals surface area (Å²) in [6.45, 7) is 5.85. The van der Waals surface area contributed by atoms with Gasteiger partial charge >= 0.3 is 0 Å². The monoisotopic (exact) mass is 576 g/mol. The molecule has 1 amide bonds. The molecule has 3 N–H and O–H groups in total. The van der Waals surface area contributed by atoms with Gasteiger partial charge in [0, 0.05) is 25.2 Å². The molecule has 0 fully saturated rings. The predicted molar refractivity (Wildman–Crippen MR) is 117 cm³/mol. The summed E-state index contributed by atoms with van der Waals surface area (Å²) in [5.41, 5.74) is 6.06. The van der Waals surface area contributed by atoms with Crippen molar-refractivity contribution in [2.45, 2.75) is 20.8 Å². The van der Waals surface area contributed by atoms with Gasteiger partial charge in [-0.25, -0.2) is 5.84 Å². The summed E-state index contributed by atoms with van der Waals surface area (Å²) in [5, 5.41) is 7.76. The van der Waals surface area contributed by atoms with Crippen LogP contribution in [0.5, 0.6) is 0 Å². The lowest BCUT2D eigenvalue weighted by Gasteiger charge is -2.01. The van der Waals surface area contributed by atoms with Gasteiger partial charge in [0.1, 0.15) is 0 Å². The molecular weight excluding hydrogens is 558 g/mol. The number of nitrogen functional groups attached to an aromatic ring is 1. The Bertz CT molecular complexity index is 925. The van der Waals surface area contributed by atoms with Crippen LogP contribution in [0.15, 0.2) is 40.8 Å². The highest BCUT2D eigenvalue weighted by molar-refractivity contribution is 14.1. The summed E-state index contributed by atoms with van der Waals surface area (Å²) < 4.78 is 7.61. The van der Waals surface area contributed by atoms with E-state index >= 15 is 0 Å². The molecule has 0 saturated carbocycles. The van der Waals surface area contributed by atoms with Crippen LogP contribution in [0.4, 0.5) is 0 Å². The minimum Gasteiger partial charge on any atom is -0.421 e. The lowest BCUT2D eigenvalue weighted by Crippen LogP contribution is -2.30. The topological polar surface area (TPSA) is 94.0 Å². The maximum Gasteiger partial charge on any atom is 0.265 e. The second-order valence-electron chi connectivity index (χ2n) is 5.53. The van der Waals surface area contributed by atoms with Crippen LogP contribution in [0.1, 0.15) is 27.4 Å². The molecule has 0 aliphatic rings. The van der Waals surface area contributed by atoms with Crippen LogP contribution in [0.2, 0.25) is 0 Å². The summed E-state index contributed by atoms with van der Waals surface area (Å²) in [7, 11) is 0. The largest absolute Gasteiger partial charge is 0.421 e. The Morgan fingerprint density at radius 2 is 1.62 bits per heavy atom. The minimum absolute atomic E-state index is 0.257. The average molecular weight is 576 g/mol. The van der Waals surface area contributed by atoms with Crippen molar-refractivity contribution in [2.75, 3.05) is 0 Å². The van der Waals surface area contributed by atoms with Gasteiger partial charge in [0.15, 0.2) is 0 Å². The number of aromatic nitrogens is 2.